The third-order valence-corrected chi connectivity index (χ3v) is 4.97. The maximum absolute atomic E-state index is 12.5. The van der Waals surface area contributed by atoms with Crippen LogP contribution in [-0.4, -0.2) is 11.9 Å². The predicted octanol–water partition coefficient (Wildman–Crippen LogP) is 6.02. The van der Waals surface area contributed by atoms with Gasteiger partial charge in [0.1, 0.15) is 11.5 Å². The number of ether oxygens (including phenoxy) is 2. The van der Waals surface area contributed by atoms with Gasteiger partial charge in [0.05, 0.1) is 11.1 Å². The first kappa shape index (κ1) is 21.1. The quantitative estimate of drug-likeness (QED) is 0.281. The van der Waals surface area contributed by atoms with Crippen LogP contribution in [0.4, 0.5) is 0 Å². The Bertz CT molecular complexity index is 1210. The fourth-order valence-corrected chi connectivity index (χ4v) is 3.31. The van der Waals surface area contributed by atoms with E-state index in [0.29, 0.717) is 29.0 Å². The molecule has 4 heteroatoms. The molecule has 0 atom stereocenters. The Balaban J connectivity index is 1.47. The smallest absolute Gasteiger partial charge is 0.343 e. The highest BCUT2D eigenvalue weighted by Gasteiger charge is 2.13. The maximum atomic E-state index is 12.5. The summed E-state index contributed by atoms with van der Waals surface area (Å²) in [4.78, 5) is 24.7. The molecule has 4 aromatic rings. The highest BCUT2D eigenvalue weighted by Crippen LogP contribution is 2.25. The highest BCUT2D eigenvalue weighted by atomic mass is 16.5. The standard InChI is InChI=1S/C28H22O4/c1-20-12-17-26(32-28(30)23-10-6-3-7-11-23)24(18-20)19-21-13-15-25(16-14-21)31-27(29)22-8-4-2-5-9-22/h2-18H,19H2,1H3. The maximum Gasteiger partial charge on any atom is 0.343 e. The monoisotopic (exact) mass is 422 g/mol. The lowest BCUT2D eigenvalue weighted by molar-refractivity contribution is 0.0724. The van der Waals surface area contributed by atoms with Crippen LogP contribution in [0.5, 0.6) is 11.5 Å². The van der Waals surface area contributed by atoms with Crippen molar-refractivity contribution in [2.75, 3.05) is 0 Å². The van der Waals surface area contributed by atoms with Gasteiger partial charge in [-0.1, -0.05) is 66.2 Å². The van der Waals surface area contributed by atoms with Gasteiger partial charge in [-0.15, -0.1) is 0 Å². The first-order valence-electron chi connectivity index (χ1n) is 10.3. The summed E-state index contributed by atoms with van der Waals surface area (Å²) >= 11 is 0. The minimum Gasteiger partial charge on any atom is -0.423 e. The van der Waals surface area contributed by atoms with E-state index >= 15 is 0 Å². The molecule has 0 aliphatic carbocycles. The molecule has 4 aromatic carbocycles. The Morgan fingerprint density at radius 2 is 1.22 bits per heavy atom. The van der Waals surface area contributed by atoms with Gasteiger partial charge in [0.2, 0.25) is 0 Å². The van der Waals surface area contributed by atoms with Gasteiger partial charge in [-0.25, -0.2) is 9.59 Å². The number of rotatable bonds is 6. The molecule has 0 aliphatic heterocycles. The van der Waals surface area contributed by atoms with Gasteiger partial charge in [0, 0.05) is 6.42 Å². The van der Waals surface area contributed by atoms with Crippen molar-refractivity contribution < 1.29 is 19.1 Å². The van der Waals surface area contributed by atoms with E-state index in [4.69, 9.17) is 9.47 Å². The summed E-state index contributed by atoms with van der Waals surface area (Å²) in [5.74, 6) is 0.220. The van der Waals surface area contributed by atoms with Gasteiger partial charge in [0.15, 0.2) is 0 Å². The van der Waals surface area contributed by atoms with Crippen LogP contribution in [0.1, 0.15) is 37.4 Å². The summed E-state index contributed by atoms with van der Waals surface area (Å²) in [5.41, 5.74) is 3.99. The van der Waals surface area contributed by atoms with Crippen LogP contribution in [0.3, 0.4) is 0 Å². The van der Waals surface area contributed by atoms with E-state index in [-0.39, 0.29) is 5.97 Å². The third kappa shape index (κ3) is 5.29. The Labute approximate surface area is 187 Å². The zero-order valence-corrected chi connectivity index (χ0v) is 17.7. The number of benzene rings is 4. The third-order valence-electron chi connectivity index (χ3n) is 4.97. The van der Waals surface area contributed by atoms with E-state index in [1.807, 2.05) is 49.4 Å². The summed E-state index contributed by atoms with van der Waals surface area (Å²) in [6.07, 6.45) is 0.575. The first-order valence-corrected chi connectivity index (χ1v) is 10.3. The second-order valence-electron chi connectivity index (χ2n) is 7.44. The van der Waals surface area contributed by atoms with Crippen LogP contribution in [0, 0.1) is 6.92 Å². The molecular weight excluding hydrogens is 400 g/mol. The highest BCUT2D eigenvalue weighted by molar-refractivity contribution is 5.91. The number of carbonyl (C=O) groups excluding carboxylic acids is 2. The Morgan fingerprint density at radius 1 is 0.656 bits per heavy atom. The van der Waals surface area contributed by atoms with Crippen LogP contribution in [0.25, 0.3) is 0 Å². The first-order chi connectivity index (χ1) is 15.6. The van der Waals surface area contributed by atoms with E-state index in [0.717, 1.165) is 16.7 Å². The Hall–Kier alpha value is -4.18. The number of esters is 2. The average Bonchev–Trinajstić information content (AvgIpc) is 2.83. The lowest BCUT2D eigenvalue weighted by Crippen LogP contribution is -2.10. The molecule has 0 fully saturated rings. The molecule has 4 nitrogen and oxygen atoms in total. The lowest BCUT2D eigenvalue weighted by atomic mass is 10.0. The van der Waals surface area contributed by atoms with Crippen molar-refractivity contribution in [2.45, 2.75) is 13.3 Å². The predicted molar refractivity (Wildman–Crippen MR) is 123 cm³/mol. The normalized spacial score (nSPS) is 10.4. The van der Waals surface area contributed by atoms with Crippen LogP contribution >= 0.6 is 0 Å². The largest absolute Gasteiger partial charge is 0.423 e. The summed E-state index contributed by atoms with van der Waals surface area (Å²) in [6.45, 7) is 2.00. The van der Waals surface area contributed by atoms with Crippen LogP contribution in [0.2, 0.25) is 0 Å². The molecule has 0 bridgehead atoms. The summed E-state index contributed by atoms with van der Waals surface area (Å²) in [7, 11) is 0. The molecule has 4 rings (SSSR count). The number of aryl methyl sites for hydroxylation is 1. The van der Waals surface area contributed by atoms with Gasteiger partial charge in [-0.2, -0.15) is 0 Å². The number of hydrogen-bond acceptors (Lipinski definition) is 4. The minimum atomic E-state index is -0.396. The molecule has 0 unspecified atom stereocenters. The van der Waals surface area contributed by atoms with E-state index in [1.54, 1.807) is 60.7 Å². The van der Waals surface area contributed by atoms with Crippen molar-refractivity contribution >= 4 is 11.9 Å². The van der Waals surface area contributed by atoms with Crippen molar-refractivity contribution in [3.63, 3.8) is 0 Å². The molecular formula is C28H22O4. The molecule has 0 N–H and O–H groups in total. The van der Waals surface area contributed by atoms with Gasteiger partial charge >= 0.3 is 11.9 Å². The Kier molecular flexibility index (Phi) is 6.42. The second kappa shape index (κ2) is 9.75. The van der Waals surface area contributed by atoms with Crippen molar-refractivity contribution in [2.24, 2.45) is 0 Å². The summed E-state index contributed by atoms with van der Waals surface area (Å²) < 4.78 is 11.1. The van der Waals surface area contributed by atoms with Crippen molar-refractivity contribution in [1.29, 1.82) is 0 Å². The van der Waals surface area contributed by atoms with E-state index in [9.17, 15) is 9.59 Å². The van der Waals surface area contributed by atoms with Crippen molar-refractivity contribution in [1.82, 2.24) is 0 Å². The molecule has 0 aromatic heterocycles. The molecule has 0 aliphatic rings. The fourth-order valence-electron chi connectivity index (χ4n) is 3.31. The second-order valence-corrected chi connectivity index (χ2v) is 7.44. The number of carbonyl (C=O) groups is 2. The number of hydrogen-bond donors (Lipinski definition) is 0. The molecule has 0 spiro atoms. The van der Waals surface area contributed by atoms with E-state index < -0.39 is 5.97 Å². The topological polar surface area (TPSA) is 52.6 Å². The van der Waals surface area contributed by atoms with E-state index in [2.05, 4.69) is 0 Å². The Morgan fingerprint density at radius 3 is 1.81 bits per heavy atom. The summed E-state index contributed by atoms with van der Waals surface area (Å²) in [6, 6.07) is 30.9. The molecule has 0 amide bonds. The van der Waals surface area contributed by atoms with Gasteiger partial charge < -0.3 is 9.47 Å². The van der Waals surface area contributed by atoms with Crippen LogP contribution in [0.15, 0.2) is 103 Å². The molecule has 158 valence electrons. The summed E-state index contributed by atoms with van der Waals surface area (Å²) in [5, 5.41) is 0. The van der Waals surface area contributed by atoms with Gasteiger partial charge in [-0.05, 0) is 60.5 Å². The molecule has 0 saturated heterocycles. The van der Waals surface area contributed by atoms with Crippen molar-refractivity contribution in [3.05, 3.63) is 131 Å². The lowest BCUT2D eigenvalue weighted by Gasteiger charge is -2.12. The SMILES string of the molecule is Cc1ccc(OC(=O)c2ccccc2)c(Cc2ccc(OC(=O)c3ccccc3)cc2)c1. The average molecular weight is 422 g/mol. The molecule has 0 radical (unpaired) electrons. The molecule has 0 heterocycles. The zero-order chi connectivity index (χ0) is 22.3. The van der Waals surface area contributed by atoms with Crippen molar-refractivity contribution in [3.8, 4) is 11.5 Å². The van der Waals surface area contributed by atoms with Gasteiger partial charge in [-0.3, -0.25) is 0 Å². The zero-order valence-electron chi connectivity index (χ0n) is 17.7. The van der Waals surface area contributed by atoms with Gasteiger partial charge in [0.25, 0.3) is 0 Å². The van der Waals surface area contributed by atoms with Crippen LogP contribution < -0.4 is 9.47 Å². The fraction of sp³-hybridized carbons (Fsp3) is 0.0714. The molecule has 32 heavy (non-hydrogen) atoms. The molecule has 0 saturated carbocycles. The van der Waals surface area contributed by atoms with Crippen LogP contribution in [-0.2, 0) is 6.42 Å². The van der Waals surface area contributed by atoms with E-state index in [1.165, 1.54) is 0 Å². The minimum absolute atomic E-state index is 0.390.